The third kappa shape index (κ3) is 4.57. The van der Waals surface area contributed by atoms with Crippen LogP contribution in [0.1, 0.15) is 60.2 Å². The number of fused-ring (bicyclic) bond motifs is 3. The summed E-state index contributed by atoms with van der Waals surface area (Å²) in [7, 11) is 3.14. The Labute approximate surface area is 210 Å². The van der Waals surface area contributed by atoms with E-state index in [2.05, 4.69) is 28.8 Å². The fraction of sp³-hybridized carbons (Fsp3) is 0.464. The number of carbonyl (C=O) groups is 2. The summed E-state index contributed by atoms with van der Waals surface area (Å²) in [5.74, 6) is 0.173. The first-order valence-electron chi connectivity index (χ1n) is 12.6. The maximum absolute atomic E-state index is 12.3. The van der Waals surface area contributed by atoms with Crippen molar-refractivity contribution in [1.82, 2.24) is 14.5 Å². The Morgan fingerprint density at radius 2 is 1.83 bits per heavy atom. The van der Waals surface area contributed by atoms with E-state index in [-0.39, 0.29) is 24.0 Å². The number of imidazole rings is 1. The van der Waals surface area contributed by atoms with Gasteiger partial charge in [0.15, 0.2) is 0 Å². The molecule has 0 spiro atoms. The molecule has 1 atom stereocenters. The minimum absolute atomic E-state index is 0.152. The number of carboxylic acid groups (broad SMARTS) is 1. The fourth-order valence-corrected chi connectivity index (χ4v) is 5.78. The minimum Gasteiger partial charge on any atom is -0.481 e. The van der Waals surface area contributed by atoms with E-state index < -0.39 is 5.97 Å². The number of hydrogen-bond donors (Lipinski definition) is 1. The highest BCUT2D eigenvalue weighted by Gasteiger charge is 2.32. The molecular formula is C28H33N3O5. The molecular weight excluding hydrogens is 458 g/mol. The van der Waals surface area contributed by atoms with Crippen LogP contribution in [0.25, 0.3) is 11.0 Å². The summed E-state index contributed by atoms with van der Waals surface area (Å²) in [5.41, 5.74) is 5.31. The number of rotatable bonds is 6. The minimum atomic E-state index is -0.706. The summed E-state index contributed by atoms with van der Waals surface area (Å²) in [4.78, 5) is 30.7. The molecule has 8 nitrogen and oxygen atoms in total. The fourth-order valence-electron chi connectivity index (χ4n) is 5.78. The van der Waals surface area contributed by atoms with Crippen molar-refractivity contribution in [3.8, 4) is 0 Å². The Kier molecular flexibility index (Phi) is 6.96. The summed E-state index contributed by atoms with van der Waals surface area (Å²) in [5, 5.41) is 9.48. The van der Waals surface area contributed by atoms with E-state index in [1.165, 1.54) is 12.7 Å². The topological polar surface area (TPSA) is 93.9 Å². The lowest BCUT2D eigenvalue weighted by molar-refractivity contribution is -0.142. The van der Waals surface area contributed by atoms with Crippen molar-refractivity contribution in [3.05, 3.63) is 65.0 Å². The summed E-state index contributed by atoms with van der Waals surface area (Å²) in [6, 6.07) is 14.5. The predicted octanol–water partition coefficient (Wildman–Crippen LogP) is 4.91. The van der Waals surface area contributed by atoms with Gasteiger partial charge in [0.25, 0.3) is 0 Å². The van der Waals surface area contributed by atoms with Crippen LogP contribution in [0.5, 0.6) is 0 Å². The second kappa shape index (κ2) is 10.3. The zero-order valence-corrected chi connectivity index (χ0v) is 20.9. The van der Waals surface area contributed by atoms with Crippen LogP contribution in [0.2, 0.25) is 0 Å². The quantitative estimate of drug-likeness (QED) is 0.527. The van der Waals surface area contributed by atoms with E-state index >= 15 is 0 Å². The number of aliphatic carboxylic acids is 1. The molecule has 0 bridgehead atoms. The van der Waals surface area contributed by atoms with E-state index in [0.717, 1.165) is 47.2 Å². The van der Waals surface area contributed by atoms with E-state index in [1.54, 1.807) is 12.0 Å². The Balaban J connectivity index is 1.57. The van der Waals surface area contributed by atoms with Crippen molar-refractivity contribution < 1.29 is 24.2 Å². The largest absolute Gasteiger partial charge is 0.481 e. The second-order valence-electron chi connectivity index (χ2n) is 9.81. The molecule has 1 N–H and O–H groups in total. The van der Waals surface area contributed by atoms with E-state index in [9.17, 15) is 14.7 Å². The molecule has 2 heterocycles. The molecule has 1 amide bonds. The van der Waals surface area contributed by atoms with Crippen LogP contribution in [0.3, 0.4) is 0 Å². The van der Waals surface area contributed by atoms with Crippen LogP contribution in [0.4, 0.5) is 4.79 Å². The van der Waals surface area contributed by atoms with Crippen molar-refractivity contribution in [1.29, 1.82) is 0 Å². The van der Waals surface area contributed by atoms with Crippen LogP contribution in [0.15, 0.2) is 42.5 Å². The van der Waals surface area contributed by atoms with Crippen LogP contribution >= 0.6 is 0 Å². The molecule has 190 valence electrons. The van der Waals surface area contributed by atoms with Gasteiger partial charge in [0.1, 0.15) is 11.9 Å². The van der Waals surface area contributed by atoms with Gasteiger partial charge in [0, 0.05) is 25.1 Å². The van der Waals surface area contributed by atoms with Crippen molar-refractivity contribution in [3.63, 3.8) is 0 Å². The molecule has 1 aliphatic heterocycles. The van der Waals surface area contributed by atoms with Gasteiger partial charge in [-0.2, -0.15) is 0 Å². The van der Waals surface area contributed by atoms with Gasteiger partial charge >= 0.3 is 12.1 Å². The van der Waals surface area contributed by atoms with Gasteiger partial charge in [-0.3, -0.25) is 4.79 Å². The molecule has 8 heteroatoms. The van der Waals surface area contributed by atoms with Crippen molar-refractivity contribution in [2.24, 2.45) is 5.92 Å². The number of amides is 1. The molecule has 1 aliphatic carbocycles. The van der Waals surface area contributed by atoms with Crippen molar-refractivity contribution in [2.75, 3.05) is 20.8 Å². The van der Waals surface area contributed by atoms with Gasteiger partial charge in [-0.25, -0.2) is 9.78 Å². The highest BCUT2D eigenvalue weighted by atomic mass is 16.5. The molecule has 36 heavy (non-hydrogen) atoms. The maximum atomic E-state index is 12.3. The Hall–Kier alpha value is -3.39. The Morgan fingerprint density at radius 1 is 1.08 bits per heavy atom. The number of aromatic nitrogens is 2. The number of hydrogen-bond acceptors (Lipinski definition) is 5. The zero-order valence-electron chi connectivity index (χ0n) is 20.9. The molecule has 0 radical (unpaired) electrons. The lowest BCUT2D eigenvalue weighted by Gasteiger charge is -2.28. The van der Waals surface area contributed by atoms with E-state index in [0.29, 0.717) is 32.5 Å². The molecule has 1 saturated carbocycles. The number of nitrogens with zero attached hydrogens (tertiary/aromatic N) is 3. The highest BCUT2D eigenvalue weighted by Crippen LogP contribution is 2.39. The smallest absolute Gasteiger partial charge is 0.409 e. The summed E-state index contributed by atoms with van der Waals surface area (Å²) < 4.78 is 13.2. The third-order valence-corrected chi connectivity index (χ3v) is 7.83. The van der Waals surface area contributed by atoms with Gasteiger partial charge in [0.2, 0.25) is 0 Å². The van der Waals surface area contributed by atoms with Gasteiger partial charge in [-0.1, -0.05) is 36.4 Å². The van der Waals surface area contributed by atoms with Crippen LogP contribution in [-0.4, -0.2) is 52.4 Å². The van der Waals surface area contributed by atoms with E-state index in [4.69, 9.17) is 14.5 Å². The standard InChI is InChI=1S/C28H33N3O5/c1-35-24(19-6-4-3-5-7-19)17-31-23-13-12-18-14-15-30(28(34)36-2)16-22(18)25(23)29-26(31)20-8-10-21(11-9-20)27(32)33/h3-7,12-13,20-21,24H,8-11,14-17H2,1-2H3,(H,32,33)/t20-,21-,24-/m0/s1. The Morgan fingerprint density at radius 3 is 2.50 bits per heavy atom. The average Bonchev–Trinajstić information content (AvgIpc) is 3.30. The maximum Gasteiger partial charge on any atom is 0.409 e. The van der Waals surface area contributed by atoms with Gasteiger partial charge < -0.3 is 24.0 Å². The lowest BCUT2D eigenvalue weighted by Crippen LogP contribution is -2.35. The highest BCUT2D eigenvalue weighted by molar-refractivity contribution is 5.82. The first-order valence-corrected chi connectivity index (χ1v) is 12.6. The SMILES string of the molecule is COC(=O)N1CCc2ccc3c(nc([C@H]4CC[C@H](C(=O)O)CC4)n3C[C@H](OC)c3ccccc3)c2C1. The van der Waals surface area contributed by atoms with Crippen molar-refractivity contribution in [2.45, 2.75) is 57.2 Å². The van der Waals surface area contributed by atoms with Crippen molar-refractivity contribution >= 4 is 23.1 Å². The first kappa shape index (κ1) is 24.3. The van der Waals surface area contributed by atoms with Gasteiger partial charge in [0.05, 0.1) is 37.2 Å². The van der Waals surface area contributed by atoms with E-state index in [1.807, 2.05) is 18.2 Å². The predicted molar refractivity (Wildman–Crippen MR) is 135 cm³/mol. The van der Waals surface area contributed by atoms with Crippen LogP contribution in [0, 0.1) is 5.92 Å². The normalized spacial score (nSPS) is 20.7. The monoisotopic (exact) mass is 491 g/mol. The lowest BCUT2D eigenvalue weighted by atomic mass is 9.81. The zero-order chi connectivity index (χ0) is 25.2. The summed E-state index contributed by atoms with van der Waals surface area (Å²) in [6.45, 7) is 1.69. The van der Waals surface area contributed by atoms with Gasteiger partial charge in [-0.05, 0) is 49.3 Å². The molecule has 2 aromatic carbocycles. The number of ether oxygens (including phenoxy) is 2. The number of carbonyl (C=O) groups excluding carboxylic acids is 1. The molecule has 1 fully saturated rings. The average molecular weight is 492 g/mol. The van der Waals surface area contributed by atoms with Crippen LogP contribution < -0.4 is 0 Å². The number of methoxy groups -OCH3 is 2. The molecule has 3 aromatic rings. The molecule has 2 aliphatic rings. The molecule has 0 saturated heterocycles. The summed E-state index contributed by atoms with van der Waals surface area (Å²) in [6.07, 6.45) is 3.18. The molecule has 5 rings (SSSR count). The molecule has 0 unspecified atom stereocenters. The van der Waals surface area contributed by atoms with Gasteiger partial charge in [-0.15, -0.1) is 0 Å². The summed E-state index contributed by atoms with van der Waals surface area (Å²) >= 11 is 0. The third-order valence-electron chi connectivity index (χ3n) is 7.83. The second-order valence-corrected chi connectivity index (χ2v) is 9.81. The first-order chi connectivity index (χ1) is 17.5. The van der Waals surface area contributed by atoms with Crippen LogP contribution in [-0.2, 0) is 33.8 Å². The number of benzene rings is 2. The Bertz CT molecular complexity index is 1250. The molecule has 1 aromatic heterocycles. The number of carboxylic acids is 1.